The number of aromatic nitrogens is 2. The summed E-state index contributed by atoms with van der Waals surface area (Å²) in [6.45, 7) is 2.29. The smallest absolute Gasteiger partial charge is 0.140 e. The van der Waals surface area contributed by atoms with Crippen molar-refractivity contribution in [3.05, 3.63) is 28.9 Å². The molecule has 1 aliphatic carbocycles. The van der Waals surface area contributed by atoms with Gasteiger partial charge in [-0.15, -0.1) is 11.3 Å². The zero-order chi connectivity index (χ0) is 11.2. The molecule has 16 heavy (non-hydrogen) atoms. The molecule has 2 aromatic heterocycles. The van der Waals surface area contributed by atoms with E-state index in [1.54, 1.807) is 11.3 Å². The van der Waals surface area contributed by atoms with Crippen molar-refractivity contribution in [2.75, 3.05) is 6.61 Å². The van der Waals surface area contributed by atoms with E-state index >= 15 is 0 Å². The fraction of sp³-hybridized carbons (Fsp3) is 0.417. The van der Waals surface area contributed by atoms with E-state index in [0.29, 0.717) is 0 Å². The molecule has 0 bridgehead atoms. The first-order valence-electron chi connectivity index (χ1n) is 5.48. The lowest BCUT2D eigenvalue weighted by Gasteiger charge is -2.08. The van der Waals surface area contributed by atoms with Gasteiger partial charge in [0.05, 0.1) is 18.0 Å². The van der Waals surface area contributed by atoms with Gasteiger partial charge in [-0.3, -0.25) is 0 Å². The van der Waals surface area contributed by atoms with E-state index in [1.165, 1.54) is 4.88 Å². The summed E-state index contributed by atoms with van der Waals surface area (Å²) in [5, 5.41) is 10.5. The predicted molar refractivity (Wildman–Crippen MR) is 64.6 cm³/mol. The van der Waals surface area contributed by atoms with E-state index in [0.717, 1.165) is 29.2 Å². The van der Waals surface area contributed by atoms with Gasteiger partial charge in [0, 0.05) is 16.5 Å². The molecule has 2 N–H and O–H groups in total. The fourth-order valence-electron chi connectivity index (χ4n) is 2.07. The topological polar surface area (TPSA) is 48.9 Å². The lowest BCUT2D eigenvalue weighted by molar-refractivity contribution is 0.256. The zero-order valence-electron chi connectivity index (χ0n) is 9.16. The molecule has 84 valence electrons. The summed E-state index contributed by atoms with van der Waals surface area (Å²) >= 11 is 1.71. The number of aliphatic hydroxyl groups is 1. The van der Waals surface area contributed by atoms with Gasteiger partial charge in [-0.25, -0.2) is 4.98 Å². The Morgan fingerprint density at radius 1 is 1.56 bits per heavy atom. The number of nitrogens with one attached hydrogen (secondary N) is 1. The number of rotatable bonds is 3. The summed E-state index contributed by atoms with van der Waals surface area (Å²) in [6, 6.07) is 4.01. The Kier molecular flexibility index (Phi) is 2.16. The number of H-pyrrole nitrogens is 1. The average molecular weight is 234 g/mol. The molecule has 0 atom stereocenters. The molecule has 2 aromatic rings. The first kappa shape index (κ1) is 10.1. The third kappa shape index (κ3) is 1.41. The zero-order valence-corrected chi connectivity index (χ0v) is 9.97. The van der Waals surface area contributed by atoms with Crippen LogP contribution in [0.25, 0.3) is 10.7 Å². The highest BCUT2D eigenvalue weighted by Gasteiger charge is 2.46. The fourth-order valence-corrected chi connectivity index (χ4v) is 3.37. The first-order valence-corrected chi connectivity index (χ1v) is 6.29. The molecule has 0 unspecified atom stereocenters. The molecule has 1 aliphatic rings. The number of thiazole rings is 1. The number of hydrogen-bond acceptors (Lipinski definition) is 3. The van der Waals surface area contributed by atoms with Crippen LogP contribution in [0.3, 0.4) is 0 Å². The quantitative estimate of drug-likeness (QED) is 0.857. The molecule has 0 aliphatic heterocycles. The van der Waals surface area contributed by atoms with Crippen LogP contribution in [0, 0.1) is 6.92 Å². The Labute approximate surface area is 98.2 Å². The third-order valence-electron chi connectivity index (χ3n) is 3.26. The van der Waals surface area contributed by atoms with Crippen LogP contribution in [-0.4, -0.2) is 21.7 Å². The van der Waals surface area contributed by atoms with Crippen molar-refractivity contribution in [1.82, 2.24) is 9.97 Å². The SMILES string of the molecule is Cc1nc(-c2ccc[nH]2)sc1C1(CO)CC1. The molecule has 0 aromatic carbocycles. The Bertz CT molecular complexity index is 497. The number of hydrogen-bond donors (Lipinski definition) is 2. The van der Waals surface area contributed by atoms with Crippen LogP contribution in [0.5, 0.6) is 0 Å². The molecule has 3 rings (SSSR count). The van der Waals surface area contributed by atoms with E-state index < -0.39 is 0 Å². The summed E-state index contributed by atoms with van der Waals surface area (Å²) in [4.78, 5) is 9.02. The molecular weight excluding hydrogens is 220 g/mol. The highest BCUT2D eigenvalue weighted by molar-refractivity contribution is 7.15. The molecule has 4 heteroatoms. The van der Waals surface area contributed by atoms with Gasteiger partial charge in [0.25, 0.3) is 0 Å². The van der Waals surface area contributed by atoms with Crippen molar-refractivity contribution in [3.63, 3.8) is 0 Å². The van der Waals surface area contributed by atoms with Gasteiger partial charge in [0.2, 0.25) is 0 Å². The molecule has 0 spiro atoms. The molecular formula is C12H14N2OS. The Hall–Kier alpha value is -1.13. The summed E-state index contributed by atoms with van der Waals surface area (Å²) in [7, 11) is 0. The lowest BCUT2D eigenvalue weighted by Crippen LogP contribution is -2.11. The highest BCUT2D eigenvalue weighted by atomic mass is 32.1. The summed E-state index contributed by atoms with van der Waals surface area (Å²) < 4.78 is 0. The minimum Gasteiger partial charge on any atom is -0.395 e. The Balaban J connectivity index is 2.03. The largest absolute Gasteiger partial charge is 0.395 e. The number of aryl methyl sites for hydroxylation is 1. The van der Waals surface area contributed by atoms with Crippen LogP contribution < -0.4 is 0 Å². The minimum absolute atomic E-state index is 0.0343. The average Bonchev–Trinajstić information content (AvgIpc) is 2.74. The van der Waals surface area contributed by atoms with Crippen LogP contribution in [0.15, 0.2) is 18.3 Å². The van der Waals surface area contributed by atoms with E-state index in [9.17, 15) is 5.11 Å². The standard InChI is InChI=1S/C12H14N2OS/c1-8-10(12(7-15)4-5-12)16-11(14-8)9-3-2-6-13-9/h2-3,6,13,15H,4-5,7H2,1H3. The monoisotopic (exact) mass is 234 g/mol. The second kappa shape index (κ2) is 3.43. The van der Waals surface area contributed by atoms with Crippen LogP contribution in [-0.2, 0) is 5.41 Å². The van der Waals surface area contributed by atoms with Crippen molar-refractivity contribution in [2.24, 2.45) is 0 Å². The second-order valence-electron chi connectivity index (χ2n) is 4.46. The third-order valence-corrected chi connectivity index (χ3v) is 4.70. The van der Waals surface area contributed by atoms with Gasteiger partial charge >= 0.3 is 0 Å². The number of aliphatic hydroxyl groups excluding tert-OH is 1. The second-order valence-corrected chi connectivity index (χ2v) is 5.45. The molecule has 1 saturated carbocycles. The van der Waals surface area contributed by atoms with Gasteiger partial charge in [-0.1, -0.05) is 0 Å². The van der Waals surface area contributed by atoms with Crippen molar-refractivity contribution in [2.45, 2.75) is 25.2 Å². The molecule has 2 heterocycles. The molecule has 1 fully saturated rings. The molecule has 0 amide bonds. The van der Waals surface area contributed by atoms with E-state index in [2.05, 4.69) is 9.97 Å². The maximum atomic E-state index is 9.45. The first-order chi connectivity index (χ1) is 7.75. The maximum Gasteiger partial charge on any atom is 0.140 e. The normalized spacial score (nSPS) is 17.6. The maximum absolute atomic E-state index is 9.45. The molecule has 3 nitrogen and oxygen atoms in total. The Morgan fingerprint density at radius 2 is 2.38 bits per heavy atom. The summed E-state index contributed by atoms with van der Waals surface area (Å²) in [5.74, 6) is 0. The van der Waals surface area contributed by atoms with Crippen LogP contribution in [0.2, 0.25) is 0 Å². The number of aromatic amines is 1. The summed E-state index contributed by atoms with van der Waals surface area (Å²) in [5.41, 5.74) is 2.17. The van der Waals surface area contributed by atoms with Crippen molar-refractivity contribution in [3.8, 4) is 10.7 Å². The van der Waals surface area contributed by atoms with E-state index in [1.807, 2.05) is 25.3 Å². The van der Waals surface area contributed by atoms with Gasteiger partial charge in [-0.2, -0.15) is 0 Å². The Morgan fingerprint density at radius 3 is 2.94 bits per heavy atom. The molecule has 0 radical (unpaired) electrons. The summed E-state index contributed by atoms with van der Waals surface area (Å²) in [6.07, 6.45) is 4.10. The highest BCUT2D eigenvalue weighted by Crippen LogP contribution is 2.51. The predicted octanol–water partition coefficient (Wildman–Crippen LogP) is 2.47. The van der Waals surface area contributed by atoms with Crippen molar-refractivity contribution < 1.29 is 5.11 Å². The van der Waals surface area contributed by atoms with Crippen molar-refractivity contribution >= 4 is 11.3 Å². The van der Waals surface area contributed by atoms with Crippen LogP contribution in [0.1, 0.15) is 23.4 Å². The van der Waals surface area contributed by atoms with E-state index in [-0.39, 0.29) is 12.0 Å². The van der Waals surface area contributed by atoms with E-state index in [4.69, 9.17) is 0 Å². The van der Waals surface area contributed by atoms with Gasteiger partial charge < -0.3 is 10.1 Å². The van der Waals surface area contributed by atoms with Crippen LogP contribution in [0.4, 0.5) is 0 Å². The molecule has 0 saturated heterocycles. The van der Waals surface area contributed by atoms with Gasteiger partial charge in [-0.05, 0) is 31.9 Å². The van der Waals surface area contributed by atoms with Gasteiger partial charge in [0.15, 0.2) is 0 Å². The lowest BCUT2D eigenvalue weighted by atomic mass is 10.1. The number of nitrogens with zero attached hydrogens (tertiary/aromatic N) is 1. The van der Waals surface area contributed by atoms with Crippen molar-refractivity contribution in [1.29, 1.82) is 0 Å². The van der Waals surface area contributed by atoms with Gasteiger partial charge in [0.1, 0.15) is 5.01 Å². The van der Waals surface area contributed by atoms with Crippen LogP contribution >= 0.6 is 11.3 Å². The minimum atomic E-state index is 0.0343.